The first-order valence-electron chi connectivity index (χ1n) is 8.02. The zero-order valence-corrected chi connectivity index (χ0v) is 14.8. The van der Waals surface area contributed by atoms with Crippen molar-refractivity contribution in [1.82, 2.24) is 19.8 Å². The molecule has 0 spiro atoms. The van der Waals surface area contributed by atoms with Crippen LogP contribution in [0.15, 0.2) is 36.4 Å². The molecule has 1 N–H and O–H groups in total. The third kappa shape index (κ3) is 3.60. The minimum atomic E-state index is -0.347. The first-order chi connectivity index (χ1) is 11.9. The fourth-order valence-electron chi connectivity index (χ4n) is 2.47. The van der Waals surface area contributed by atoms with E-state index in [1.54, 1.807) is 16.6 Å². The Bertz CT molecular complexity index is 911. The zero-order valence-electron chi connectivity index (χ0n) is 14.8. The quantitative estimate of drug-likeness (QED) is 0.736. The van der Waals surface area contributed by atoms with Crippen LogP contribution in [0.3, 0.4) is 0 Å². The Balaban J connectivity index is 1.81. The fraction of sp³-hybridized carbons (Fsp3) is 0.333. The van der Waals surface area contributed by atoms with E-state index in [4.69, 9.17) is 4.74 Å². The van der Waals surface area contributed by atoms with Gasteiger partial charge in [-0.2, -0.15) is 4.52 Å². The molecule has 2 aromatic heterocycles. The molecule has 0 bridgehead atoms. The average molecular weight is 339 g/mol. The van der Waals surface area contributed by atoms with Gasteiger partial charge in [0.05, 0.1) is 12.7 Å². The van der Waals surface area contributed by atoms with Crippen molar-refractivity contribution >= 4 is 17.4 Å². The van der Waals surface area contributed by atoms with E-state index >= 15 is 0 Å². The number of hydrogen-bond acceptors (Lipinski definition) is 6. The highest BCUT2D eigenvalue weighted by atomic mass is 16.5. The molecular formula is C18H21N5O2. The number of aromatic nitrogens is 4. The molecule has 3 rings (SSSR count). The van der Waals surface area contributed by atoms with Crippen LogP contribution in [0.5, 0.6) is 0 Å². The van der Waals surface area contributed by atoms with Gasteiger partial charge in [-0.15, -0.1) is 15.3 Å². The van der Waals surface area contributed by atoms with Crippen molar-refractivity contribution in [3.63, 3.8) is 0 Å². The second-order valence-corrected chi connectivity index (χ2v) is 6.81. The van der Waals surface area contributed by atoms with E-state index in [1.807, 2.05) is 24.3 Å². The van der Waals surface area contributed by atoms with Gasteiger partial charge in [-0.25, -0.2) is 4.79 Å². The highest BCUT2D eigenvalue weighted by Gasteiger charge is 2.21. The number of rotatable bonds is 4. The average Bonchev–Trinajstić information content (AvgIpc) is 3.03. The number of anilines is 1. The largest absolute Gasteiger partial charge is 0.465 e. The molecule has 1 aromatic carbocycles. The molecule has 0 amide bonds. The first-order valence-corrected chi connectivity index (χ1v) is 8.02. The Morgan fingerprint density at radius 2 is 2.00 bits per heavy atom. The Kier molecular flexibility index (Phi) is 4.39. The number of nitrogens with zero attached hydrogens (tertiary/aromatic N) is 4. The summed E-state index contributed by atoms with van der Waals surface area (Å²) >= 11 is 0. The maximum atomic E-state index is 11.6. The van der Waals surface area contributed by atoms with Crippen LogP contribution in [0.1, 0.15) is 42.5 Å². The van der Waals surface area contributed by atoms with Crippen LogP contribution in [0, 0.1) is 0 Å². The predicted octanol–water partition coefficient (Wildman–Crippen LogP) is 2.82. The maximum Gasteiger partial charge on any atom is 0.337 e. The molecule has 0 unspecified atom stereocenters. The lowest BCUT2D eigenvalue weighted by Crippen LogP contribution is -2.17. The molecule has 0 aliphatic rings. The Hall–Kier alpha value is -2.96. The Morgan fingerprint density at radius 1 is 1.20 bits per heavy atom. The SMILES string of the molecule is COC(=O)c1cccc(CNc2ccc3nnc(C(C)(C)C)n3n2)c1. The number of esters is 1. The lowest BCUT2D eigenvalue weighted by Gasteiger charge is -2.15. The van der Waals surface area contributed by atoms with E-state index in [1.165, 1.54) is 7.11 Å². The Labute approximate surface area is 146 Å². The van der Waals surface area contributed by atoms with Gasteiger partial charge in [-0.05, 0) is 29.8 Å². The van der Waals surface area contributed by atoms with Crippen molar-refractivity contribution in [3.05, 3.63) is 53.3 Å². The van der Waals surface area contributed by atoms with E-state index in [2.05, 4.69) is 41.4 Å². The second kappa shape index (κ2) is 6.51. The molecule has 0 aliphatic carbocycles. The maximum absolute atomic E-state index is 11.6. The monoisotopic (exact) mass is 339 g/mol. The van der Waals surface area contributed by atoms with Gasteiger partial charge in [0.25, 0.3) is 0 Å². The number of ether oxygens (including phenoxy) is 1. The number of hydrogen-bond donors (Lipinski definition) is 1. The standard InChI is InChI=1S/C18H21N5O2/c1-18(2,3)17-21-20-15-9-8-14(22-23(15)17)19-11-12-6-5-7-13(10-12)16(24)25-4/h5-10H,11H2,1-4H3,(H,19,22). The minimum absolute atomic E-state index is 0.153. The van der Waals surface area contributed by atoms with Gasteiger partial charge in [0, 0.05) is 12.0 Å². The third-order valence-electron chi connectivity index (χ3n) is 3.76. The normalized spacial score (nSPS) is 11.5. The predicted molar refractivity (Wildman–Crippen MR) is 94.6 cm³/mol. The molecule has 0 saturated heterocycles. The number of fused-ring (bicyclic) bond motifs is 1. The molecule has 2 heterocycles. The third-order valence-corrected chi connectivity index (χ3v) is 3.76. The highest BCUT2D eigenvalue weighted by Crippen LogP contribution is 2.20. The van der Waals surface area contributed by atoms with E-state index < -0.39 is 0 Å². The van der Waals surface area contributed by atoms with E-state index in [0.717, 1.165) is 11.4 Å². The lowest BCUT2D eigenvalue weighted by molar-refractivity contribution is 0.0600. The van der Waals surface area contributed by atoms with Crippen LogP contribution in [0.4, 0.5) is 5.82 Å². The fourth-order valence-corrected chi connectivity index (χ4v) is 2.47. The van der Waals surface area contributed by atoms with Crippen molar-refractivity contribution in [1.29, 1.82) is 0 Å². The van der Waals surface area contributed by atoms with E-state index in [0.29, 0.717) is 23.6 Å². The number of nitrogens with one attached hydrogen (secondary N) is 1. The van der Waals surface area contributed by atoms with Crippen molar-refractivity contribution < 1.29 is 9.53 Å². The van der Waals surface area contributed by atoms with Gasteiger partial charge in [-0.1, -0.05) is 32.9 Å². The van der Waals surface area contributed by atoms with Crippen LogP contribution in [0.2, 0.25) is 0 Å². The second-order valence-electron chi connectivity index (χ2n) is 6.81. The molecule has 130 valence electrons. The molecule has 0 saturated carbocycles. The number of benzene rings is 1. The van der Waals surface area contributed by atoms with Crippen molar-refractivity contribution in [2.24, 2.45) is 0 Å². The number of carbonyl (C=O) groups is 1. The van der Waals surface area contributed by atoms with Crippen LogP contribution in [0.25, 0.3) is 5.65 Å². The Morgan fingerprint density at radius 3 is 2.72 bits per heavy atom. The van der Waals surface area contributed by atoms with Gasteiger partial charge >= 0.3 is 5.97 Å². The topological polar surface area (TPSA) is 81.4 Å². The molecule has 3 aromatic rings. The van der Waals surface area contributed by atoms with Gasteiger partial charge in [0.1, 0.15) is 5.82 Å². The lowest BCUT2D eigenvalue weighted by atomic mass is 9.96. The number of carbonyl (C=O) groups excluding carboxylic acids is 1. The summed E-state index contributed by atoms with van der Waals surface area (Å²) in [5.41, 5.74) is 2.05. The summed E-state index contributed by atoms with van der Waals surface area (Å²) in [5, 5.41) is 16.2. The van der Waals surface area contributed by atoms with Crippen LogP contribution < -0.4 is 5.32 Å². The molecule has 0 fully saturated rings. The molecule has 7 nitrogen and oxygen atoms in total. The molecule has 25 heavy (non-hydrogen) atoms. The van der Waals surface area contributed by atoms with Gasteiger partial charge in [0.2, 0.25) is 0 Å². The summed E-state index contributed by atoms with van der Waals surface area (Å²) in [7, 11) is 1.37. The first kappa shape index (κ1) is 16.9. The smallest absolute Gasteiger partial charge is 0.337 e. The minimum Gasteiger partial charge on any atom is -0.465 e. The summed E-state index contributed by atoms with van der Waals surface area (Å²) in [6, 6.07) is 11.0. The van der Waals surface area contributed by atoms with E-state index in [-0.39, 0.29) is 11.4 Å². The van der Waals surface area contributed by atoms with Gasteiger partial charge in [0.15, 0.2) is 11.5 Å². The van der Waals surface area contributed by atoms with Gasteiger partial charge in [-0.3, -0.25) is 0 Å². The molecule has 7 heteroatoms. The summed E-state index contributed by atoms with van der Waals surface area (Å²) in [5.74, 6) is 1.17. The summed E-state index contributed by atoms with van der Waals surface area (Å²) in [6.45, 7) is 6.76. The zero-order chi connectivity index (χ0) is 18.0. The van der Waals surface area contributed by atoms with Crippen molar-refractivity contribution in [3.8, 4) is 0 Å². The molecule has 0 aliphatic heterocycles. The molecular weight excluding hydrogens is 318 g/mol. The van der Waals surface area contributed by atoms with E-state index in [9.17, 15) is 4.79 Å². The summed E-state index contributed by atoms with van der Waals surface area (Å²) < 4.78 is 6.51. The molecule has 0 atom stereocenters. The van der Waals surface area contributed by atoms with Crippen LogP contribution in [-0.4, -0.2) is 32.9 Å². The summed E-state index contributed by atoms with van der Waals surface area (Å²) in [6.07, 6.45) is 0. The van der Waals surface area contributed by atoms with Gasteiger partial charge < -0.3 is 10.1 Å². The summed E-state index contributed by atoms with van der Waals surface area (Å²) in [4.78, 5) is 11.6. The van der Waals surface area contributed by atoms with Crippen LogP contribution >= 0.6 is 0 Å². The highest BCUT2D eigenvalue weighted by molar-refractivity contribution is 5.89. The van der Waals surface area contributed by atoms with Crippen LogP contribution in [-0.2, 0) is 16.7 Å². The molecule has 0 radical (unpaired) electrons. The van der Waals surface area contributed by atoms with Crippen molar-refractivity contribution in [2.75, 3.05) is 12.4 Å². The number of methoxy groups -OCH3 is 1. The van der Waals surface area contributed by atoms with Crippen molar-refractivity contribution in [2.45, 2.75) is 32.7 Å².